The van der Waals surface area contributed by atoms with Crippen molar-refractivity contribution < 1.29 is 268 Å². The van der Waals surface area contributed by atoms with Crippen LogP contribution >= 0.6 is 15.4 Å². The van der Waals surface area contributed by atoms with E-state index in [0.717, 1.165) is 0 Å². The van der Waals surface area contributed by atoms with Gasteiger partial charge in [-0.15, -0.1) is 0 Å². The van der Waals surface area contributed by atoms with Gasteiger partial charge in [0.05, 0.1) is 35.8 Å². The van der Waals surface area contributed by atoms with Crippen LogP contribution in [0.25, 0.3) is 0 Å². The first-order chi connectivity index (χ1) is 23.2. The maximum absolute atomic E-state index is 12.8. The first kappa shape index (κ1) is 68.1. The number of aliphatic hydroxyl groups is 5. The van der Waals surface area contributed by atoms with Crippen LogP contribution in [0.5, 0.6) is 0 Å². The van der Waals surface area contributed by atoms with Crippen LogP contribution in [0.4, 0.5) is 24.0 Å². The second kappa shape index (κ2) is 37.1. The molecule has 5 atom stereocenters. The van der Waals surface area contributed by atoms with Crippen molar-refractivity contribution in [2.24, 2.45) is 0 Å². The summed E-state index contributed by atoms with van der Waals surface area (Å²) in [6.07, 6.45) is -13.0. The van der Waals surface area contributed by atoms with E-state index in [1.165, 1.54) is 58.9 Å². The van der Waals surface area contributed by atoms with Crippen LogP contribution < -0.4 is 5.30 Å². The number of carbonyl (C=O) groups excluding carboxylic acids is 5. The fourth-order valence-corrected chi connectivity index (χ4v) is 4.44. The number of phosphoric acid groups is 1. The summed E-state index contributed by atoms with van der Waals surface area (Å²) in [6.45, 7) is 4.08. The number of rotatable bonds is 16. The standard InChI is InChI=1S/C14H19O9P.C12H21O13P.5Y/c1-10(15)8-20-13(17)22-24(19,12-6-4-3-5-7-12)23-14(18)21-9-11(2)16;1-7(13)4-20-10(16)23-26(19,24-11(17)21-5-8(2)14)25-12(18)22-6-9(3)15;;;;;/h3-7,10-11,15-16H,8-9H2,1-2H3;7-9,13-15H,4-6H2,1-3H3;;;;;. The van der Waals surface area contributed by atoms with E-state index in [9.17, 15) is 33.1 Å². The normalized spacial score (nSPS) is 14.4. The summed E-state index contributed by atoms with van der Waals surface area (Å²) in [5, 5.41) is 45.0. The number of phosphoric ester groups is 1. The Balaban J connectivity index is -0.000000200. The Hall–Kier alpha value is 1.35. The minimum Gasteiger partial charge on any atom is -0.431 e. The topological polar surface area (TPSA) is 313 Å². The van der Waals surface area contributed by atoms with E-state index in [2.05, 4.69) is 46.3 Å². The monoisotopic (exact) mass is 1210 g/mol. The molecule has 0 aromatic heterocycles. The van der Waals surface area contributed by atoms with Crippen LogP contribution in [0.1, 0.15) is 34.6 Å². The van der Waals surface area contributed by atoms with Crippen molar-refractivity contribution in [1.29, 1.82) is 0 Å². The minimum absolute atomic E-state index is 0. The molecule has 0 amide bonds. The van der Waals surface area contributed by atoms with Crippen molar-refractivity contribution in [3.63, 3.8) is 0 Å². The van der Waals surface area contributed by atoms with Crippen LogP contribution in [0.15, 0.2) is 30.3 Å². The molecule has 0 bridgehead atoms. The number of aliphatic hydroxyl groups excluding tert-OH is 5. The zero-order chi connectivity index (χ0) is 38.5. The van der Waals surface area contributed by atoms with Crippen molar-refractivity contribution in [1.82, 2.24) is 0 Å². The molecular weight excluding hydrogens is 1170 g/mol. The molecule has 5 N–H and O–H groups in total. The summed E-state index contributed by atoms with van der Waals surface area (Å²) in [5.41, 5.74) is 0. The number of hydrogen-bond acceptors (Lipinski definition) is 22. The number of hydrogen-bond donors (Lipinski definition) is 5. The first-order valence-electron chi connectivity index (χ1n) is 14.1. The number of carbonyl (C=O) groups is 5. The smallest absolute Gasteiger partial charge is 0.431 e. The number of benzene rings is 1. The summed E-state index contributed by atoms with van der Waals surface area (Å²) in [5.74, 6) is 0. The summed E-state index contributed by atoms with van der Waals surface area (Å²) in [6, 6.07) is 7.26. The van der Waals surface area contributed by atoms with Crippen molar-refractivity contribution in [3.8, 4) is 0 Å². The van der Waals surface area contributed by atoms with E-state index in [1.54, 1.807) is 6.07 Å². The number of ether oxygens (including phenoxy) is 5. The van der Waals surface area contributed by atoms with Gasteiger partial charge in [0, 0.05) is 164 Å². The molecule has 5 unspecified atom stereocenters. The third kappa shape index (κ3) is 36.9. The van der Waals surface area contributed by atoms with Gasteiger partial charge in [0.1, 0.15) is 33.0 Å². The second-order valence-electron chi connectivity index (χ2n) is 9.79. The van der Waals surface area contributed by atoms with Gasteiger partial charge in [0.15, 0.2) is 0 Å². The average Bonchev–Trinajstić information content (AvgIpc) is 3.00. The largest absolute Gasteiger partial charge is 0.661 e. The van der Waals surface area contributed by atoms with Crippen molar-refractivity contribution >= 4 is 51.5 Å². The van der Waals surface area contributed by atoms with E-state index >= 15 is 0 Å². The van der Waals surface area contributed by atoms with Crippen LogP contribution in [-0.2, 0) is 219 Å². The molecule has 0 saturated heterocycles. The van der Waals surface area contributed by atoms with Gasteiger partial charge in [-0.1, -0.05) is 18.2 Å². The molecule has 55 heavy (non-hydrogen) atoms. The summed E-state index contributed by atoms with van der Waals surface area (Å²) >= 11 is 0. The Bertz CT molecular complexity index is 1220. The molecule has 29 heteroatoms. The van der Waals surface area contributed by atoms with Gasteiger partial charge in [0.25, 0.3) is 0 Å². The van der Waals surface area contributed by atoms with E-state index in [1.807, 2.05) is 0 Å². The summed E-state index contributed by atoms with van der Waals surface area (Å²) in [7, 11) is -9.65. The molecule has 301 valence electrons. The van der Waals surface area contributed by atoms with Gasteiger partial charge >= 0.3 is 46.2 Å². The van der Waals surface area contributed by atoms with Crippen molar-refractivity contribution in [2.75, 3.05) is 33.0 Å². The van der Waals surface area contributed by atoms with Gasteiger partial charge in [-0.3, -0.25) is 0 Å². The summed E-state index contributed by atoms with van der Waals surface area (Å²) < 4.78 is 68.8. The van der Waals surface area contributed by atoms with E-state index in [4.69, 9.17) is 25.5 Å². The molecule has 0 aliphatic carbocycles. The van der Waals surface area contributed by atoms with Gasteiger partial charge in [-0.05, 0) is 46.8 Å². The predicted molar refractivity (Wildman–Crippen MR) is 162 cm³/mol. The molecule has 1 aromatic rings. The molecule has 22 nitrogen and oxygen atoms in total. The van der Waals surface area contributed by atoms with Crippen LogP contribution in [0, 0.1) is 0 Å². The molecule has 0 aliphatic rings. The van der Waals surface area contributed by atoms with Gasteiger partial charge < -0.3 is 71.8 Å². The van der Waals surface area contributed by atoms with Gasteiger partial charge in [-0.25, -0.2) is 28.5 Å². The fourth-order valence-electron chi connectivity index (χ4n) is 2.34. The van der Waals surface area contributed by atoms with E-state index < -0.39 is 96.5 Å². The minimum atomic E-state index is -5.24. The van der Waals surface area contributed by atoms with Gasteiger partial charge in [-0.2, -0.15) is 4.57 Å². The van der Waals surface area contributed by atoms with Crippen LogP contribution in [0.2, 0.25) is 0 Å². The molecule has 1 rings (SSSR count). The summed E-state index contributed by atoms with van der Waals surface area (Å²) in [4.78, 5) is 57.3. The first-order valence-corrected chi connectivity index (χ1v) is 17.1. The van der Waals surface area contributed by atoms with E-state index in [-0.39, 0.29) is 182 Å². The van der Waals surface area contributed by atoms with E-state index in [0.29, 0.717) is 0 Å². The molecule has 0 saturated carbocycles. The molecule has 0 heterocycles. The average molecular weight is 1210 g/mol. The second-order valence-corrected chi connectivity index (χ2v) is 13.1. The molecule has 0 spiro atoms. The van der Waals surface area contributed by atoms with Gasteiger partial charge in [0.2, 0.25) is 0 Å². The van der Waals surface area contributed by atoms with Crippen molar-refractivity contribution in [3.05, 3.63) is 30.3 Å². The Labute approximate surface area is 442 Å². The maximum Gasteiger partial charge on any atom is 0.661 e. The van der Waals surface area contributed by atoms with Crippen LogP contribution in [0.3, 0.4) is 0 Å². The molecule has 1 aromatic carbocycles. The molecule has 0 aliphatic heterocycles. The Morgan fingerprint density at radius 1 is 0.455 bits per heavy atom. The van der Waals surface area contributed by atoms with Crippen molar-refractivity contribution in [2.45, 2.75) is 65.1 Å². The maximum atomic E-state index is 12.8. The molecule has 0 fully saturated rings. The fraction of sp³-hybridized carbons (Fsp3) is 0.577. The Morgan fingerprint density at radius 3 is 0.891 bits per heavy atom. The zero-order valence-electron chi connectivity index (χ0n) is 30.3. The van der Waals surface area contributed by atoms with Crippen LogP contribution in [-0.4, -0.2) is 120 Å². The third-order valence-electron chi connectivity index (χ3n) is 4.23. The molecule has 5 radical (unpaired) electrons. The quantitative estimate of drug-likeness (QED) is 0.0900. The SMILES string of the molecule is CC(O)COC(=O)OP(=O)(OC(=O)OCC(C)O)OC(=O)OCC(C)O.CC(O)COC(=O)OP(=O)(OC(=O)OCC(C)O)c1ccccc1.[Y].[Y].[Y].[Y].[Y]. The predicted octanol–water partition coefficient (Wildman–Crippen LogP) is 2.26. The molecular formula is C26H40O22P2Y5. The third-order valence-corrected chi connectivity index (χ3v) is 7.06. The zero-order valence-corrected chi connectivity index (χ0v) is 46.2. The Morgan fingerprint density at radius 2 is 0.673 bits per heavy atom. The Kier molecular flexibility index (Phi) is 46.0.